The summed E-state index contributed by atoms with van der Waals surface area (Å²) in [5.74, 6) is 0. The van der Waals surface area contributed by atoms with E-state index in [1.54, 1.807) is 0 Å². The Morgan fingerprint density at radius 2 is 0.923 bits per heavy atom. The molecule has 1 heteroatoms. The van der Waals surface area contributed by atoms with Crippen LogP contribution in [0.1, 0.15) is 57.4 Å². The average molecular weight is 341 g/mol. The zero-order chi connectivity index (χ0) is 17.4. The van der Waals surface area contributed by atoms with Crippen molar-refractivity contribution >= 4 is 17.1 Å². The van der Waals surface area contributed by atoms with Gasteiger partial charge in [0.1, 0.15) is 0 Å². The number of para-hydroxylation sites is 3. The normalized spacial score (nSPS) is 17.5. The van der Waals surface area contributed by atoms with Gasteiger partial charge in [0.15, 0.2) is 0 Å². The average Bonchev–Trinajstić information content (AvgIpc) is 2.61. The maximum Gasteiger partial charge on any atom is 0.0543 e. The van der Waals surface area contributed by atoms with Crippen molar-refractivity contribution in [2.45, 2.75) is 46.0 Å². The van der Waals surface area contributed by atoms with Crippen LogP contribution in [0.2, 0.25) is 0 Å². The first-order chi connectivity index (χ1) is 11.9. The van der Waals surface area contributed by atoms with Crippen LogP contribution in [0.4, 0.5) is 17.1 Å². The molecule has 0 unspecified atom stereocenters. The van der Waals surface area contributed by atoms with Gasteiger partial charge in [-0.3, -0.25) is 0 Å². The van der Waals surface area contributed by atoms with Gasteiger partial charge in [-0.05, 0) is 34.4 Å². The van der Waals surface area contributed by atoms with E-state index in [0.29, 0.717) is 0 Å². The molecule has 0 amide bonds. The number of hydrogen-bond donors (Lipinski definition) is 0. The Bertz CT molecular complexity index is 932. The topological polar surface area (TPSA) is 3.24 Å². The summed E-state index contributed by atoms with van der Waals surface area (Å²) in [5, 5.41) is 0. The quantitative estimate of drug-likeness (QED) is 0.422. The minimum atomic E-state index is 0. The number of anilines is 3. The molecule has 0 radical (unpaired) electrons. The van der Waals surface area contributed by atoms with E-state index in [0.717, 1.165) is 0 Å². The molecular weight excluding hydrogens is 314 g/mol. The molecule has 132 valence electrons. The van der Waals surface area contributed by atoms with Gasteiger partial charge in [-0.2, -0.15) is 0 Å². The number of nitrogens with zero attached hydrogens (tertiary/aromatic N) is 1. The Kier molecular flexibility index (Phi) is 3.40. The zero-order valence-electron chi connectivity index (χ0n) is 15.3. The lowest BCUT2D eigenvalue weighted by molar-refractivity contribution is 0.597. The van der Waals surface area contributed by atoms with E-state index in [4.69, 9.17) is 0 Å². The lowest BCUT2D eigenvalue weighted by Gasteiger charge is -2.49. The SMILES string of the molecule is C.CC1(C)c2ccccc2N2c3ccccc3C(C)(C)c3cccc1c32. The van der Waals surface area contributed by atoms with Crippen LogP contribution in [0.15, 0.2) is 66.7 Å². The summed E-state index contributed by atoms with van der Waals surface area (Å²) in [6, 6.07) is 24.6. The Morgan fingerprint density at radius 1 is 0.538 bits per heavy atom. The Labute approximate surface area is 157 Å². The lowest BCUT2D eigenvalue weighted by atomic mass is 9.66. The van der Waals surface area contributed by atoms with Crippen LogP contribution in [-0.4, -0.2) is 0 Å². The van der Waals surface area contributed by atoms with Gasteiger partial charge in [-0.15, -0.1) is 0 Å². The van der Waals surface area contributed by atoms with Gasteiger partial charge in [0.05, 0.1) is 17.1 Å². The smallest absolute Gasteiger partial charge is 0.0543 e. The summed E-state index contributed by atoms with van der Waals surface area (Å²) in [7, 11) is 0. The second kappa shape index (κ2) is 5.23. The minimum absolute atomic E-state index is 0. The molecule has 2 heterocycles. The van der Waals surface area contributed by atoms with Crippen LogP contribution in [0.5, 0.6) is 0 Å². The van der Waals surface area contributed by atoms with E-state index in [2.05, 4.69) is 99.3 Å². The molecule has 3 aromatic rings. The zero-order valence-corrected chi connectivity index (χ0v) is 15.3. The third kappa shape index (κ3) is 1.86. The standard InChI is InChI=1S/C24H23N.CH4/c1-23(2)16-10-5-7-14-20(16)25-21-15-8-6-11-17(21)24(3,4)19-13-9-12-18(23)22(19)25;/h5-15H,1-4H3;1H4. The maximum absolute atomic E-state index is 2.49. The number of benzene rings is 3. The number of rotatable bonds is 0. The molecule has 0 bridgehead atoms. The monoisotopic (exact) mass is 341 g/mol. The van der Waals surface area contributed by atoms with Gasteiger partial charge in [0, 0.05) is 10.8 Å². The fourth-order valence-corrected chi connectivity index (χ4v) is 4.85. The molecule has 0 spiro atoms. The predicted molar refractivity (Wildman–Crippen MR) is 112 cm³/mol. The molecule has 0 N–H and O–H groups in total. The molecule has 3 aromatic carbocycles. The number of fused-ring (bicyclic) bond motifs is 4. The highest BCUT2D eigenvalue weighted by Crippen LogP contribution is 2.59. The van der Waals surface area contributed by atoms with Gasteiger partial charge in [0.25, 0.3) is 0 Å². The first kappa shape index (κ1) is 16.9. The summed E-state index contributed by atoms with van der Waals surface area (Å²) in [6.45, 7) is 9.41. The van der Waals surface area contributed by atoms with Crippen molar-refractivity contribution in [1.29, 1.82) is 0 Å². The lowest BCUT2D eigenvalue weighted by Crippen LogP contribution is -2.37. The van der Waals surface area contributed by atoms with Gasteiger partial charge in [-0.1, -0.05) is 89.7 Å². The second-order valence-corrected chi connectivity index (χ2v) is 8.32. The molecule has 0 aromatic heterocycles. The van der Waals surface area contributed by atoms with Crippen molar-refractivity contribution in [3.8, 4) is 0 Å². The van der Waals surface area contributed by atoms with Gasteiger partial charge in [-0.25, -0.2) is 0 Å². The van der Waals surface area contributed by atoms with Crippen molar-refractivity contribution in [2.24, 2.45) is 0 Å². The van der Waals surface area contributed by atoms with Gasteiger partial charge < -0.3 is 4.90 Å². The van der Waals surface area contributed by atoms with E-state index in [-0.39, 0.29) is 18.3 Å². The molecule has 0 saturated carbocycles. The minimum Gasteiger partial charge on any atom is -0.309 e. The molecule has 0 atom stereocenters. The number of hydrogen-bond acceptors (Lipinski definition) is 1. The van der Waals surface area contributed by atoms with Crippen LogP contribution in [-0.2, 0) is 10.8 Å². The summed E-state index contributed by atoms with van der Waals surface area (Å²) >= 11 is 0. The molecule has 1 nitrogen and oxygen atoms in total. The fourth-order valence-electron chi connectivity index (χ4n) is 4.85. The largest absolute Gasteiger partial charge is 0.309 e. The van der Waals surface area contributed by atoms with Crippen LogP contribution >= 0.6 is 0 Å². The van der Waals surface area contributed by atoms with Crippen LogP contribution in [0, 0.1) is 0 Å². The molecule has 0 aliphatic carbocycles. The van der Waals surface area contributed by atoms with Crippen LogP contribution < -0.4 is 4.90 Å². The molecular formula is C25H27N. The van der Waals surface area contributed by atoms with E-state index in [1.807, 2.05) is 0 Å². The Balaban J connectivity index is 0.00000168. The third-order valence-electron chi connectivity index (χ3n) is 6.24. The highest BCUT2D eigenvalue weighted by atomic mass is 15.2. The van der Waals surface area contributed by atoms with Gasteiger partial charge >= 0.3 is 0 Å². The van der Waals surface area contributed by atoms with E-state index in [9.17, 15) is 0 Å². The maximum atomic E-state index is 2.49. The molecule has 0 saturated heterocycles. The third-order valence-corrected chi connectivity index (χ3v) is 6.24. The van der Waals surface area contributed by atoms with E-state index >= 15 is 0 Å². The highest BCUT2D eigenvalue weighted by Gasteiger charge is 2.44. The van der Waals surface area contributed by atoms with E-state index in [1.165, 1.54) is 39.3 Å². The molecule has 2 aliphatic rings. The Morgan fingerprint density at radius 3 is 1.38 bits per heavy atom. The van der Waals surface area contributed by atoms with Crippen molar-refractivity contribution < 1.29 is 0 Å². The summed E-state index contributed by atoms with van der Waals surface area (Å²) in [5.41, 5.74) is 9.66. The van der Waals surface area contributed by atoms with E-state index < -0.39 is 0 Å². The molecule has 2 aliphatic heterocycles. The molecule has 5 rings (SSSR count). The summed E-state index contributed by atoms with van der Waals surface area (Å²) < 4.78 is 0. The van der Waals surface area contributed by atoms with Crippen molar-refractivity contribution in [3.05, 3.63) is 89.0 Å². The summed E-state index contributed by atoms with van der Waals surface area (Å²) in [6.07, 6.45) is 0. The first-order valence-corrected chi connectivity index (χ1v) is 9.07. The van der Waals surface area contributed by atoms with Crippen molar-refractivity contribution in [1.82, 2.24) is 0 Å². The van der Waals surface area contributed by atoms with Crippen LogP contribution in [0.25, 0.3) is 0 Å². The second-order valence-electron chi connectivity index (χ2n) is 8.32. The highest BCUT2D eigenvalue weighted by molar-refractivity contribution is 5.92. The molecule has 0 fully saturated rings. The van der Waals surface area contributed by atoms with Crippen LogP contribution in [0.3, 0.4) is 0 Å². The predicted octanol–water partition coefficient (Wildman–Crippen LogP) is 7.07. The fraction of sp³-hybridized carbons (Fsp3) is 0.280. The molecule has 26 heavy (non-hydrogen) atoms. The van der Waals surface area contributed by atoms with Crippen molar-refractivity contribution in [2.75, 3.05) is 4.90 Å². The Hall–Kier alpha value is -2.54. The summed E-state index contributed by atoms with van der Waals surface area (Å²) in [4.78, 5) is 2.49. The van der Waals surface area contributed by atoms with Crippen molar-refractivity contribution in [3.63, 3.8) is 0 Å². The van der Waals surface area contributed by atoms with Gasteiger partial charge in [0.2, 0.25) is 0 Å². The first-order valence-electron chi connectivity index (χ1n) is 9.07.